The average Bonchev–Trinajstić information content (AvgIpc) is 2.91. The summed E-state index contributed by atoms with van der Waals surface area (Å²) in [6, 6.07) is 20.9. The first kappa shape index (κ1) is 28.4. The molecule has 4 bridgehead atoms. The fourth-order valence-electron chi connectivity index (χ4n) is 4.16. The van der Waals surface area contributed by atoms with E-state index in [9.17, 15) is 19.2 Å². The number of hydrogen-bond donors (Lipinski definition) is 3. The molecule has 3 aromatic carbocycles. The summed E-state index contributed by atoms with van der Waals surface area (Å²) in [5.74, 6) is -0.266. The predicted octanol–water partition coefficient (Wildman–Crippen LogP) is 3.95. The van der Waals surface area contributed by atoms with Crippen LogP contribution < -0.4 is 20.7 Å². The van der Waals surface area contributed by atoms with Gasteiger partial charge in [-0.25, -0.2) is 4.79 Å². The van der Waals surface area contributed by atoms with Gasteiger partial charge in [-0.1, -0.05) is 42.5 Å². The van der Waals surface area contributed by atoms with E-state index >= 15 is 0 Å². The van der Waals surface area contributed by atoms with Crippen molar-refractivity contribution in [2.24, 2.45) is 0 Å². The van der Waals surface area contributed by atoms with Crippen LogP contribution in [0.4, 0.5) is 4.79 Å². The third-order valence-electron chi connectivity index (χ3n) is 6.12. The van der Waals surface area contributed by atoms with Gasteiger partial charge in [0, 0.05) is 18.4 Å². The Morgan fingerprint density at radius 3 is 2.15 bits per heavy atom. The molecule has 3 aliphatic heterocycles. The van der Waals surface area contributed by atoms with Crippen LogP contribution >= 0.6 is 0 Å². The number of nitrogens with one attached hydrogen (secondary N) is 3. The summed E-state index contributed by atoms with van der Waals surface area (Å²) in [6.07, 6.45) is -0.433. The number of rotatable bonds is 3. The number of Topliss-reactive ketones (excluding diaryl/α,β-unsaturated/α-hetero) is 1. The highest BCUT2D eigenvalue weighted by atomic mass is 16.6. The predicted molar refractivity (Wildman–Crippen MR) is 149 cm³/mol. The summed E-state index contributed by atoms with van der Waals surface area (Å²) >= 11 is 0. The van der Waals surface area contributed by atoms with Crippen molar-refractivity contribution in [1.29, 1.82) is 0 Å². The number of alkyl carbamates (subject to hydrolysis) is 1. The second-order valence-corrected chi connectivity index (χ2v) is 10.6. The van der Waals surface area contributed by atoms with Crippen molar-refractivity contribution in [2.45, 2.75) is 51.3 Å². The largest absolute Gasteiger partial charge is 0.457 e. The maximum absolute atomic E-state index is 13.6. The van der Waals surface area contributed by atoms with Gasteiger partial charge >= 0.3 is 6.09 Å². The number of ketones is 1. The molecule has 3 amide bonds. The van der Waals surface area contributed by atoms with Crippen LogP contribution in [0.5, 0.6) is 11.5 Å². The summed E-state index contributed by atoms with van der Waals surface area (Å²) < 4.78 is 11.3. The number of fused-ring (bicyclic) bond motifs is 2. The molecule has 0 radical (unpaired) electrons. The molecule has 0 saturated heterocycles. The SMILES string of the molecule is CC(C)(C)OC(=O)N[C@H]1Cc2ccc(cc2)Oc2ccc(cc2)C(=O)CNC(=O)[C@H](Cc2ccccc2)NC1=O. The second-order valence-electron chi connectivity index (χ2n) is 10.6. The van der Waals surface area contributed by atoms with Crippen molar-refractivity contribution < 1.29 is 28.7 Å². The Labute approximate surface area is 233 Å². The molecule has 0 aromatic heterocycles. The topological polar surface area (TPSA) is 123 Å². The second kappa shape index (κ2) is 12.5. The van der Waals surface area contributed by atoms with E-state index in [1.807, 2.05) is 30.3 Å². The maximum atomic E-state index is 13.6. The molecule has 3 aliphatic rings. The van der Waals surface area contributed by atoms with Crippen LogP contribution in [0.1, 0.15) is 42.3 Å². The van der Waals surface area contributed by atoms with Gasteiger partial charge < -0.3 is 25.4 Å². The van der Waals surface area contributed by atoms with Gasteiger partial charge in [0.2, 0.25) is 11.8 Å². The van der Waals surface area contributed by atoms with Gasteiger partial charge in [0.15, 0.2) is 5.78 Å². The Balaban J connectivity index is 1.66. The first-order chi connectivity index (χ1) is 19.1. The number of hydrogen-bond acceptors (Lipinski definition) is 6. The molecule has 2 atom stereocenters. The summed E-state index contributed by atoms with van der Waals surface area (Å²) in [7, 11) is 0. The van der Waals surface area contributed by atoms with E-state index in [1.165, 1.54) is 0 Å². The third kappa shape index (κ3) is 8.17. The lowest BCUT2D eigenvalue weighted by molar-refractivity contribution is -0.129. The normalized spacial score (nSPS) is 18.1. The minimum absolute atomic E-state index is 0.137. The molecule has 9 heteroatoms. The molecule has 3 heterocycles. The molecule has 3 N–H and O–H groups in total. The quantitative estimate of drug-likeness (QED) is 0.460. The highest BCUT2D eigenvalue weighted by molar-refractivity contribution is 6.00. The fraction of sp³-hybridized carbons (Fsp3) is 0.290. The first-order valence-corrected chi connectivity index (χ1v) is 13.1. The van der Waals surface area contributed by atoms with Crippen LogP contribution in [0, 0.1) is 0 Å². The molecule has 208 valence electrons. The van der Waals surface area contributed by atoms with Crippen LogP contribution in [0.3, 0.4) is 0 Å². The van der Waals surface area contributed by atoms with Crippen molar-refractivity contribution in [3.63, 3.8) is 0 Å². The summed E-state index contributed by atoms with van der Waals surface area (Å²) in [5, 5.41) is 8.07. The van der Waals surface area contributed by atoms with E-state index in [1.54, 1.807) is 69.3 Å². The van der Waals surface area contributed by atoms with E-state index in [4.69, 9.17) is 9.47 Å². The Morgan fingerprint density at radius 1 is 0.900 bits per heavy atom. The van der Waals surface area contributed by atoms with Gasteiger partial charge in [-0.2, -0.15) is 0 Å². The van der Waals surface area contributed by atoms with E-state index in [0.29, 0.717) is 17.1 Å². The molecular formula is C31H33N3O6. The van der Waals surface area contributed by atoms with Crippen molar-refractivity contribution in [2.75, 3.05) is 6.54 Å². The Morgan fingerprint density at radius 2 is 1.52 bits per heavy atom. The maximum Gasteiger partial charge on any atom is 0.408 e. The molecule has 40 heavy (non-hydrogen) atoms. The molecule has 0 saturated carbocycles. The van der Waals surface area contributed by atoms with Crippen molar-refractivity contribution in [1.82, 2.24) is 16.0 Å². The van der Waals surface area contributed by atoms with Gasteiger partial charge in [0.25, 0.3) is 0 Å². The summed E-state index contributed by atoms with van der Waals surface area (Å²) in [6.45, 7) is 4.93. The number of benzene rings is 3. The van der Waals surface area contributed by atoms with Gasteiger partial charge in [-0.3, -0.25) is 14.4 Å². The monoisotopic (exact) mass is 543 g/mol. The van der Waals surface area contributed by atoms with E-state index < -0.39 is 35.6 Å². The Bertz CT molecular complexity index is 1350. The van der Waals surface area contributed by atoms with E-state index in [-0.39, 0.29) is 25.2 Å². The lowest BCUT2D eigenvalue weighted by Gasteiger charge is -2.25. The van der Waals surface area contributed by atoms with Crippen LogP contribution in [0.2, 0.25) is 0 Å². The minimum atomic E-state index is -1.04. The summed E-state index contributed by atoms with van der Waals surface area (Å²) in [5.41, 5.74) is 1.22. The molecular weight excluding hydrogens is 510 g/mol. The molecule has 9 nitrogen and oxygen atoms in total. The summed E-state index contributed by atoms with van der Waals surface area (Å²) in [4.78, 5) is 52.2. The van der Waals surface area contributed by atoms with E-state index in [0.717, 1.165) is 11.1 Å². The van der Waals surface area contributed by atoms with Gasteiger partial charge in [-0.05, 0) is 68.3 Å². The smallest absolute Gasteiger partial charge is 0.408 e. The molecule has 3 aromatic rings. The zero-order valence-electron chi connectivity index (χ0n) is 22.7. The van der Waals surface area contributed by atoms with Gasteiger partial charge in [0.05, 0.1) is 6.54 Å². The lowest BCUT2D eigenvalue weighted by atomic mass is 10.0. The van der Waals surface area contributed by atoms with Gasteiger partial charge in [-0.15, -0.1) is 0 Å². The van der Waals surface area contributed by atoms with Crippen molar-refractivity contribution >= 4 is 23.7 Å². The molecule has 0 fully saturated rings. The number of carbonyl (C=O) groups excluding carboxylic acids is 4. The molecule has 0 unspecified atom stereocenters. The third-order valence-corrected chi connectivity index (χ3v) is 6.12. The Hall–Kier alpha value is -4.66. The van der Waals surface area contributed by atoms with Crippen LogP contribution in [0.25, 0.3) is 0 Å². The van der Waals surface area contributed by atoms with Crippen LogP contribution in [-0.4, -0.2) is 47.9 Å². The zero-order chi connectivity index (χ0) is 28.7. The van der Waals surface area contributed by atoms with Crippen LogP contribution in [0.15, 0.2) is 78.9 Å². The van der Waals surface area contributed by atoms with Crippen molar-refractivity contribution in [3.05, 3.63) is 95.6 Å². The fourth-order valence-corrected chi connectivity index (χ4v) is 4.16. The van der Waals surface area contributed by atoms with E-state index in [2.05, 4.69) is 16.0 Å². The number of amides is 3. The van der Waals surface area contributed by atoms with Gasteiger partial charge in [0.1, 0.15) is 29.2 Å². The first-order valence-electron chi connectivity index (χ1n) is 13.1. The van der Waals surface area contributed by atoms with Crippen LogP contribution in [-0.2, 0) is 27.2 Å². The molecule has 6 rings (SSSR count). The zero-order valence-corrected chi connectivity index (χ0v) is 22.7. The number of ether oxygens (including phenoxy) is 2. The lowest BCUT2D eigenvalue weighted by Crippen LogP contribution is -2.55. The molecule has 0 spiro atoms. The highest BCUT2D eigenvalue weighted by Gasteiger charge is 2.29. The average molecular weight is 544 g/mol. The van der Waals surface area contributed by atoms with Crippen molar-refractivity contribution in [3.8, 4) is 11.5 Å². The highest BCUT2D eigenvalue weighted by Crippen LogP contribution is 2.23. The number of carbonyl (C=O) groups is 4. The minimum Gasteiger partial charge on any atom is -0.457 e. The standard InChI is InChI=1S/C31H33N3O6/c1-31(2,3)40-30(38)34-26-18-21-9-13-23(14-10-21)39-24-15-11-22(12-16-24)27(35)19-32-28(36)25(33-29(26)37)17-20-7-5-4-6-8-20/h4-16,25-26H,17-19H2,1-3H3,(H,32,36)(H,33,37)(H,34,38)/t25-,26-/m0/s1. The molecule has 0 aliphatic carbocycles. The Kier molecular flexibility index (Phi) is 8.83.